The van der Waals surface area contributed by atoms with E-state index in [0.717, 1.165) is 16.8 Å². The number of hydrogen-bond acceptors (Lipinski definition) is 2. The molecule has 0 unspecified atom stereocenters. The lowest BCUT2D eigenvalue weighted by atomic mass is 10.2. The summed E-state index contributed by atoms with van der Waals surface area (Å²) in [7, 11) is 0. The Morgan fingerprint density at radius 1 is 1.06 bits per heavy atom. The first-order valence-electron chi connectivity index (χ1n) is 5.76. The maximum atomic E-state index is 11.7. The van der Waals surface area contributed by atoms with Gasteiger partial charge in [-0.15, -0.1) is 0 Å². The summed E-state index contributed by atoms with van der Waals surface area (Å²) in [4.78, 5) is 11.7. The molecule has 3 nitrogen and oxygen atoms in total. The first kappa shape index (κ1) is 12.2. The molecule has 0 bridgehead atoms. The molecule has 0 saturated heterocycles. The molecule has 0 spiro atoms. The maximum Gasteiger partial charge on any atom is 0.417 e. The monoisotopic (exact) mass is 241 g/mol. The van der Waals surface area contributed by atoms with Crippen LogP contribution in [0.3, 0.4) is 0 Å². The lowest BCUT2D eigenvalue weighted by Crippen LogP contribution is -2.17. The van der Waals surface area contributed by atoms with E-state index >= 15 is 0 Å². The van der Waals surface area contributed by atoms with Crippen LogP contribution in [-0.4, -0.2) is 6.09 Å². The number of carbonyl (C=O) groups is 1. The molecule has 1 amide bonds. The molecule has 18 heavy (non-hydrogen) atoms. The van der Waals surface area contributed by atoms with Crippen molar-refractivity contribution in [3.05, 3.63) is 59.7 Å². The van der Waals surface area contributed by atoms with Crippen molar-refractivity contribution in [2.24, 2.45) is 0 Å². The van der Waals surface area contributed by atoms with Crippen LogP contribution >= 0.6 is 0 Å². The van der Waals surface area contributed by atoms with Crippen molar-refractivity contribution in [2.75, 3.05) is 5.32 Å². The third kappa shape index (κ3) is 3.10. The highest BCUT2D eigenvalue weighted by molar-refractivity contribution is 5.87. The van der Waals surface area contributed by atoms with E-state index < -0.39 is 6.09 Å². The van der Waals surface area contributed by atoms with E-state index in [1.165, 1.54) is 0 Å². The van der Waals surface area contributed by atoms with Crippen molar-refractivity contribution in [3.63, 3.8) is 0 Å². The highest BCUT2D eigenvalue weighted by Gasteiger charge is 2.06. The minimum atomic E-state index is -0.477. The lowest BCUT2D eigenvalue weighted by Gasteiger charge is -2.08. The molecule has 1 N–H and O–H groups in total. The van der Waals surface area contributed by atoms with Crippen LogP contribution in [0, 0.1) is 13.8 Å². The van der Waals surface area contributed by atoms with E-state index in [1.54, 1.807) is 6.07 Å². The van der Waals surface area contributed by atoms with Gasteiger partial charge in [0.25, 0.3) is 0 Å². The van der Waals surface area contributed by atoms with Crippen LogP contribution in [0.25, 0.3) is 0 Å². The summed E-state index contributed by atoms with van der Waals surface area (Å²) in [5.74, 6) is 0.543. The summed E-state index contributed by atoms with van der Waals surface area (Å²) in [5, 5.41) is 2.72. The number of hydrogen-bond donors (Lipinski definition) is 1. The fraction of sp³-hybridized carbons (Fsp3) is 0.133. The predicted molar refractivity (Wildman–Crippen MR) is 72.0 cm³/mol. The van der Waals surface area contributed by atoms with Crippen molar-refractivity contribution < 1.29 is 9.53 Å². The van der Waals surface area contributed by atoms with Crippen LogP contribution in [0.15, 0.2) is 48.5 Å². The minimum Gasteiger partial charge on any atom is -0.410 e. The number of nitrogens with one attached hydrogen (secondary N) is 1. The van der Waals surface area contributed by atoms with Gasteiger partial charge in [-0.2, -0.15) is 0 Å². The molecule has 3 heteroatoms. The van der Waals surface area contributed by atoms with E-state index in [-0.39, 0.29) is 0 Å². The van der Waals surface area contributed by atoms with Gasteiger partial charge in [-0.3, -0.25) is 5.32 Å². The zero-order chi connectivity index (χ0) is 13.0. The molecule has 0 aliphatic rings. The average molecular weight is 241 g/mol. The van der Waals surface area contributed by atoms with Gasteiger partial charge in [0.05, 0.1) is 0 Å². The van der Waals surface area contributed by atoms with E-state index in [4.69, 9.17) is 4.74 Å². The van der Waals surface area contributed by atoms with Crippen LogP contribution in [0.1, 0.15) is 11.1 Å². The van der Waals surface area contributed by atoms with Crippen molar-refractivity contribution in [2.45, 2.75) is 13.8 Å². The fourth-order valence-electron chi connectivity index (χ4n) is 1.63. The Balaban J connectivity index is 2.03. The van der Waals surface area contributed by atoms with Crippen molar-refractivity contribution >= 4 is 11.8 Å². The van der Waals surface area contributed by atoms with Gasteiger partial charge in [0, 0.05) is 5.69 Å². The van der Waals surface area contributed by atoms with Gasteiger partial charge in [0.2, 0.25) is 0 Å². The van der Waals surface area contributed by atoms with E-state index in [9.17, 15) is 4.79 Å². The summed E-state index contributed by atoms with van der Waals surface area (Å²) in [6, 6.07) is 14.9. The third-order valence-corrected chi connectivity index (χ3v) is 2.58. The highest BCUT2D eigenvalue weighted by atomic mass is 16.6. The van der Waals surface area contributed by atoms with Gasteiger partial charge in [-0.1, -0.05) is 30.3 Å². The van der Waals surface area contributed by atoms with Crippen molar-refractivity contribution in [1.82, 2.24) is 0 Å². The Bertz CT molecular complexity index is 564. The molecule has 92 valence electrons. The average Bonchev–Trinajstić information content (AvgIpc) is 2.32. The maximum absolute atomic E-state index is 11.7. The topological polar surface area (TPSA) is 38.3 Å². The molecule has 2 rings (SSSR count). The third-order valence-electron chi connectivity index (χ3n) is 2.58. The molecular weight excluding hydrogens is 226 g/mol. The second-order valence-electron chi connectivity index (χ2n) is 4.15. The van der Waals surface area contributed by atoms with Gasteiger partial charge in [-0.05, 0) is 43.2 Å². The van der Waals surface area contributed by atoms with E-state index in [2.05, 4.69) is 5.32 Å². The van der Waals surface area contributed by atoms with E-state index in [1.807, 2.05) is 56.3 Å². The highest BCUT2D eigenvalue weighted by Crippen LogP contribution is 2.16. The summed E-state index contributed by atoms with van der Waals surface area (Å²) in [5.41, 5.74) is 2.81. The van der Waals surface area contributed by atoms with Crippen molar-refractivity contribution in [1.29, 1.82) is 0 Å². The number of anilines is 1. The fourth-order valence-corrected chi connectivity index (χ4v) is 1.63. The zero-order valence-corrected chi connectivity index (χ0v) is 10.4. The Kier molecular flexibility index (Phi) is 3.63. The quantitative estimate of drug-likeness (QED) is 0.865. The number of benzene rings is 2. The largest absolute Gasteiger partial charge is 0.417 e. The first-order valence-corrected chi connectivity index (χ1v) is 5.76. The van der Waals surface area contributed by atoms with Crippen molar-refractivity contribution in [3.8, 4) is 5.75 Å². The van der Waals surface area contributed by atoms with Gasteiger partial charge in [-0.25, -0.2) is 4.79 Å². The smallest absolute Gasteiger partial charge is 0.410 e. The molecule has 0 aliphatic carbocycles. The van der Waals surface area contributed by atoms with Crippen LogP contribution in [-0.2, 0) is 0 Å². The number of aryl methyl sites for hydroxylation is 2. The molecule has 0 heterocycles. The standard InChI is InChI=1S/C15H15NO2/c1-11-6-5-8-13(10-11)18-15(17)16-14-9-4-3-7-12(14)2/h3-10H,1-2H3,(H,16,17). The molecule has 0 aromatic heterocycles. The van der Waals surface area contributed by atoms with Gasteiger partial charge < -0.3 is 4.74 Å². The van der Waals surface area contributed by atoms with E-state index in [0.29, 0.717) is 5.75 Å². The SMILES string of the molecule is Cc1cccc(OC(=O)Nc2ccccc2C)c1. The Hall–Kier alpha value is -2.29. The van der Waals surface area contributed by atoms with Gasteiger partial charge in [0.15, 0.2) is 0 Å². The number of ether oxygens (including phenoxy) is 1. The number of amides is 1. The second-order valence-corrected chi connectivity index (χ2v) is 4.15. The number of rotatable bonds is 2. The molecule has 0 radical (unpaired) electrons. The van der Waals surface area contributed by atoms with Crippen LogP contribution < -0.4 is 10.1 Å². The van der Waals surface area contributed by atoms with Crippen LogP contribution in [0.2, 0.25) is 0 Å². The Labute approximate surface area is 106 Å². The second kappa shape index (κ2) is 5.36. The molecule has 0 fully saturated rings. The summed E-state index contributed by atoms with van der Waals surface area (Å²) < 4.78 is 5.20. The van der Waals surface area contributed by atoms with Crippen LogP contribution in [0.4, 0.5) is 10.5 Å². The van der Waals surface area contributed by atoms with Gasteiger partial charge >= 0.3 is 6.09 Å². The molecular formula is C15H15NO2. The first-order chi connectivity index (χ1) is 8.65. The number of carbonyl (C=O) groups excluding carboxylic acids is 1. The molecule has 0 atom stereocenters. The lowest BCUT2D eigenvalue weighted by molar-refractivity contribution is 0.215. The molecule has 0 aliphatic heterocycles. The predicted octanol–water partition coefficient (Wildman–Crippen LogP) is 3.91. The zero-order valence-electron chi connectivity index (χ0n) is 10.4. The summed E-state index contributed by atoms with van der Waals surface area (Å²) >= 11 is 0. The van der Waals surface area contributed by atoms with Gasteiger partial charge in [0.1, 0.15) is 5.75 Å². The Morgan fingerprint density at radius 3 is 2.56 bits per heavy atom. The van der Waals surface area contributed by atoms with Crippen LogP contribution in [0.5, 0.6) is 5.75 Å². The Morgan fingerprint density at radius 2 is 1.83 bits per heavy atom. The minimum absolute atomic E-state index is 0.477. The number of para-hydroxylation sites is 1. The molecule has 2 aromatic rings. The molecule has 2 aromatic carbocycles. The summed E-state index contributed by atoms with van der Waals surface area (Å²) in [6.45, 7) is 3.88. The summed E-state index contributed by atoms with van der Waals surface area (Å²) in [6.07, 6.45) is -0.477. The normalized spacial score (nSPS) is 9.89. The molecule has 0 saturated carbocycles.